The summed E-state index contributed by atoms with van der Waals surface area (Å²) >= 11 is 0. The molecule has 60 valence electrons. The molecule has 1 amide bonds. The van der Waals surface area contributed by atoms with E-state index in [1.807, 2.05) is 6.08 Å². The van der Waals surface area contributed by atoms with Crippen LogP contribution in [0.3, 0.4) is 0 Å². The van der Waals surface area contributed by atoms with Gasteiger partial charge in [0.1, 0.15) is 0 Å². The Morgan fingerprint density at radius 3 is 2.91 bits per heavy atom. The Balaban J connectivity index is 2.52. The molecule has 0 aromatic rings. The Morgan fingerprint density at radius 1 is 1.64 bits per heavy atom. The second-order valence-corrected chi connectivity index (χ2v) is 3.27. The standard InChI is InChI=1S/C9H13NO/c1-7(2)5-8-3-4-10-9(11)6-8/h3-4,7H,5-6H2,1-2H3. The molecule has 0 spiro atoms. The average Bonchev–Trinajstić information content (AvgIpc) is 1.85. The first kappa shape index (κ1) is 8.18. The molecule has 1 aliphatic heterocycles. The van der Waals surface area contributed by atoms with Crippen LogP contribution in [-0.4, -0.2) is 12.1 Å². The van der Waals surface area contributed by atoms with E-state index in [1.165, 1.54) is 5.57 Å². The van der Waals surface area contributed by atoms with Gasteiger partial charge in [0.25, 0.3) is 0 Å². The molecule has 0 unspecified atom stereocenters. The Kier molecular flexibility index (Phi) is 2.58. The lowest BCUT2D eigenvalue weighted by Gasteiger charge is -2.09. The van der Waals surface area contributed by atoms with E-state index < -0.39 is 0 Å². The molecule has 2 nitrogen and oxygen atoms in total. The summed E-state index contributed by atoms with van der Waals surface area (Å²) in [6.07, 6.45) is 5.08. The highest BCUT2D eigenvalue weighted by atomic mass is 16.1. The summed E-state index contributed by atoms with van der Waals surface area (Å²) in [4.78, 5) is 14.5. The maximum atomic E-state index is 10.8. The van der Waals surface area contributed by atoms with Gasteiger partial charge >= 0.3 is 0 Å². The number of amides is 1. The summed E-state index contributed by atoms with van der Waals surface area (Å²) in [5.41, 5.74) is 1.21. The van der Waals surface area contributed by atoms with Crippen LogP contribution in [0.5, 0.6) is 0 Å². The monoisotopic (exact) mass is 151 g/mol. The molecule has 0 aromatic carbocycles. The van der Waals surface area contributed by atoms with Gasteiger partial charge in [0, 0.05) is 6.21 Å². The fourth-order valence-corrected chi connectivity index (χ4v) is 1.19. The van der Waals surface area contributed by atoms with Gasteiger partial charge in [-0.25, -0.2) is 4.99 Å². The molecular formula is C9H13NO. The summed E-state index contributed by atoms with van der Waals surface area (Å²) in [6.45, 7) is 4.30. The first-order valence-electron chi connectivity index (χ1n) is 3.93. The third-order valence-corrected chi connectivity index (χ3v) is 1.58. The zero-order valence-corrected chi connectivity index (χ0v) is 7.00. The third-order valence-electron chi connectivity index (χ3n) is 1.58. The SMILES string of the molecule is CC(C)CC1=CC=NC(=O)C1. The Labute approximate surface area is 67.0 Å². The summed E-state index contributed by atoms with van der Waals surface area (Å²) in [7, 11) is 0. The molecule has 2 heteroatoms. The minimum absolute atomic E-state index is 0.0110. The van der Waals surface area contributed by atoms with E-state index in [1.54, 1.807) is 6.21 Å². The normalized spacial score (nSPS) is 17.4. The van der Waals surface area contributed by atoms with Crippen LogP contribution in [0, 0.1) is 5.92 Å². The largest absolute Gasteiger partial charge is 0.272 e. The number of rotatable bonds is 2. The molecule has 0 aliphatic carbocycles. The first-order valence-corrected chi connectivity index (χ1v) is 3.93. The zero-order valence-electron chi connectivity index (χ0n) is 7.00. The molecule has 1 heterocycles. The number of nitrogens with zero attached hydrogens (tertiary/aromatic N) is 1. The van der Waals surface area contributed by atoms with Crippen molar-refractivity contribution in [3.8, 4) is 0 Å². The molecule has 1 aliphatic rings. The maximum absolute atomic E-state index is 10.8. The number of allylic oxidation sites excluding steroid dienone is 1. The molecule has 0 fully saturated rings. The van der Waals surface area contributed by atoms with Crippen molar-refractivity contribution in [3.63, 3.8) is 0 Å². The minimum Gasteiger partial charge on any atom is -0.272 e. The van der Waals surface area contributed by atoms with Crippen molar-refractivity contribution < 1.29 is 4.79 Å². The molecule has 11 heavy (non-hydrogen) atoms. The molecule has 0 saturated carbocycles. The van der Waals surface area contributed by atoms with Crippen LogP contribution in [0.25, 0.3) is 0 Å². The van der Waals surface area contributed by atoms with Crippen molar-refractivity contribution in [2.24, 2.45) is 10.9 Å². The number of hydrogen-bond donors (Lipinski definition) is 0. The number of carbonyl (C=O) groups excluding carboxylic acids is 1. The van der Waals surface area contributed by atoms with Crippen LogP contribution in [0.2, 0.25) is 0 Å². The predicted molar refractivity (Wildman–Crippen MR) is 45.7 cm³/mol. The number of aliphatic imine (C=N–C) groups is 1. The minimum atomic E-state index is -0.0110. The van der Waals surface area contributed by atoms with Crippen molar-refractivity contribution in [1.82, 2.24) is 0 Å². The van der Waals surface area contributed by atoms with E-state index in [4.69, 9.17) is 0 Å². The second kappa shape index (κ2) is 3.46. The Hall–Kier alpha value is -0.920. The van der Waals surface area contributed by atoms with E-state index >= 15 is 0 Å². The van der Waals surface area contributed by atoms with Gasteiger partial charge in [0.2, 0.25) is 5.91 Å². The number of dihydropyridines is 1. The van der Waals surface area contributed by atoms with Gasteiger partial charge < -0.3 is 0 Å². The number of carbonyl (C=O) groups is 1. The van der Waals surface area contributed by atoms with E-state index in [0.717, 1.165) is 6.42 Å². The van der Waals surface area contributed by atoms with Gasteiger partial charge in [-0.05, 0) is 18.4 Å². The Morgan fingerprint density at radius 2 is 2.36 bits per heavy atom. The van der Waals surface area contributed by atoms with Crippen LogP contribution < -0.4 is 0 Å². The highest BCUT2D eigenvalue weighted by molar-refractivity contribution is 5.93. The smallest absolute Gasteiger partial charge is 0.249 e. The quantitative estimate of drug-likeness (QED) is 0.593. The van der Waals surface area contributed by atoms with Crippen LogP contribution in [-0.2, 0) is 4.79 Å². The first-order chi connectivity index (χ1) is 5.18. The maximum Gasteiger partial charge on any atom is 0.249 e. The average molecular weight is 151 g/mol. The highest BCUT2D eigenvalue weighted by Crippen LogP contribution is 2.16. The predicted octanol–water partition coefficient (Wildman–Crippen LogP) is 1.96. The van der Waals surface area contributed by atoms with Crippen molar-refractivity contribution >= 4 is 12.1 Å². The topological polar surface area (TPSA) is 29.4 Å². The van der Waals surface area contributed by atoms with Gasteiger partial charge in [0.15, 0.2) is 0 Å². The number of hydrogen-bond acceptors (Lipinski definition) is 1. The Bertz CT molecular complexity index is 214. The molecule has 0 N–H and O–H groups in total. The summed E-state index contributed by atoms with van der Waals surface area (Å²) in [6, 6.07) is 0. The lowest BCUT2D eigenvalue weighted by molar-refractivity contribution is -0.117. The van der Waals surface area contributed by atoms with Gasteiger partial charge in [-0.1, -0.05) is 19.4 Å². The van der Waals surface area contributed by atoms with Crippen LogP contribution >= 0.6 is 0 Å². The summed E-state index contributed by atoms with van der Waals surface area (Å²) in [5, 5.41) is 0. The molecule has 0 atom stereocenters. The van der Waals surface area contributed by atoms with Gasteiger partial charge in [-0.3, -0.25) is 4.79 Å². The molecule has 0 bridgehead atoms. The van der Waals surface area contributed by atoms with E-state index in [-0.39, 0.29) is 5.91 Å². The molecule has 0 radical (unpaired) electrons. The summed E-state index contributed by atoms with van der Waals surface area (Å²) in [5.74, 6) is 0.615. The lowest BCUT2D eigenvalue weighted by Crippen LogP contribution is -2.03. The third kappa shape index (κ3) is 2.66. The molecule has 0 saturated heterocycles. The van der Waals surface area contributed by atoms with Crippen LogP contribution in [0.1, 0.15) is 26.7 Å². The fraction of sp³-hybridized carbons (Fsp3) is 0.556. The highest BCUT2D eigenvalue weighted by Gasteiger charge is 2.08. The van der Waals surface area contributed by atoms with Crippen molar-refractivity contribution in [1.29, 1.82) is 0 Å². The van der Waals surface area contributed by atoms with Gasteiger partial charge in [0.05, 0.1) is 6.42 Å². The van der Waals surface area contributed by atoms with Crippen LogP contribution in [0.4, 0.5) is 0 Å². The van der Waals surface area contributed by atoms with Crippen molar-refractivity contribution in [2.45, 2.75) is 26.7 Å². The van der Waals surface area contributed by atoms with Crippen molar-refractivity contribution in [3.05, 3.63) is 11.6 Å². The van der Waals surface area contributed by atoms with Gasteiger partial charge in [-0.15, -0.1) is 0 Å². The zero-order chi connectivity index (χ0) is 8.27. The fourth-order valence-electron chi connectivity index (χ4n) is 1.19. The van der Waals surface area contributed by atoms with E-state index in [2.05, 4.69) is 18.8 Å². The van der Waals surface area contributed by atoms with E-state index in [0.29, 0.717) is 12.3 Å². The molecular weight excluding hydrogens is 138 g/mol. The van der Waals surface area contributed by atoms with Crippen molar-refractivity contribution in [2.75, 3.05) is 0 Å². The van der Waals surface area contributed by atoms with Crippen LogP contribution in [0.15, 0.2) is 16.6 Å². The summed E-state index contributed by atoms with van der Waals surface area (Å²) < 4.78 is 0. The molecule has 0 aromatic heterocycles. The second-order valence-electron chi connectivity index (χ2n) is 3.27. The van der Waals surface area contributed by atoms with E-state index in [9.17, 15) is 4.79 Å². The molecule has 1 rings (SSSR count). The van der Waals surface area contributed by atoms with Gasteiger partial charge in [-0.2, -0.15) is 0 Å². The lowest BCUT2D eigenvalue weighted by atomic mass is 9.99.